The second-order valence-corrected chi connectivity index (χ2v) is 6.09. The van der Waals surface area contributed by atoms with Gasteiger partial charge >= 0.3 is 5.97 Å². The molecular weight excluding hydrogens is 364 g/mol. The van der Waals surface area contributed by atoms with Crippen molar-refractivity contribution in [1.82, 2.24) is 5.32 Å². The topological polar surface area (TPSA) is 86.3 Å². The Bertz CT molecular complexity index is 895. The first-order chi connectivity index (χ1) is 13.5. The molecule has 0 aromatic heterocycles. The van der Waals surface area contributed by atoms with Gasteiger partial charge in [0.2, 0.25) is 18.4 Å². The van der Waals surface area contributed by atoms with Crippen molar-refractivity contribution in [2.45, 2.75) is 0 Å². The maximum atomic E-state index is 12.4. The van der Waals surface area contributed by atoms with Crippen molar-refractivity contribution in [3.05, 3.63) is 35.9 Å². The van der Waals surface area contributed by atoms with Gasteiger partial charge in [-0.3, -0.25) is 4.79 Å². The number of esters is 1. The van der Waals surface area contributed by atoms with E-state index < -0.39 is 5.97 Å². The van der Waals surface area contributed by atoms with Gasteiger partial charge in [0, 0.05) is 18.3 Å². The van der Waals surface area contributed by atoms with Gasteiger partial charge in [-0.25, -0.2) is 4.79 Å². The Kier molecular flexibility index (Phi) is 5.70. The van der Waals surface area contributed by atoms with E-state index in [1.807, 2.05) is 12.1 Å². The van der Waals surface area contributed by atoms with Gasteiger partial charge in [0.15, 0.2) is 11.5 Å². The summed E-state index contributed by atoms with van der Waals surface area (Å²) in [7, 11) is 6.24. The first-order valence-electron chi connectivity index (χ1n) is 8.62. The van der Waals surface area contributed by atoms with Crippen molar-refractivity contribution in [2.75, 3.05) is 46.6 Å². The van der Waals surface area contributed by atoms with Crippen LogP contribution in [-0.2, 0) is 9.53 Å². The number of hydrogen-bond donors (Lipinski definition) is 1. The monoisotopic (exact) mass is 386 g/mol. The van der Waals surface area contributed by atoms with E-state index in [0.29, 0.717) is 33.9 Å². The molecule has 0 atom stereocenters. The molecule has 1 aliphatic heterocycles. The second kappa shape index (κ2) is 8.18. The van der Waals surface area contributed by atoms with E-state index in [-0.39, 0.29) is 19.2 Å². The van der Waals surface area contributed by atoms with Crippen LogP contribution in [0.2, 0.25) is 0 Å². The number of methoxy groups -OCH3 is 2. The molecule has 2 aromatic rings. The quantitative estimate of drug-likeness (QED) is 0.761. The zero-order valence-electron chi connectivity index (χ0n) is 16.2. The molecule has 1 heterocycles. The fraction of sp³-hybridized carbons (Fsp3) is 0.300. The normalized spacial score (nSPS) is 11.9. The first-order valence-corrected chi connectivity index (χ1v) is 8.62. The van der Waals surface area contributed by atoms with Gasteiger partial charge in [-0.05, 0) is 30.8 Å². The molecule has 148 valence electrons. The van der Waals surface area contributed by atoms with Crippen LogP contribution in [0.25, 0.3) is 11.1 Å². The molecule has 0 radical (unpaired) electrons. The van der Waals surface area contributed by atoms with E-state index in [1.165, 1.54) is 14.2 Å². The van der Waals surface area contributed by atoms with Crippen LogP contribution in [-0.4, -0.2) is 53.5 Å². The summed E-state index contributed by atoms with van der Waals surface area (Å²) in [6.45, 7) is 0.286. The van der Waals surface area contributed by atoms with E-state index in [0.717, 1.165) is 5.69 Å². The van der Waals surface area contributed by atoms with Gasteiger partial charge in [-0.15, -0.1) is 0 Å². The van der Waals surface area contributed by atoms with Gasteiger partial charge in [0.25, 0.3) is 0 Å². The van der Waals surface area contributed by atoms with Crippen molar-refractivity contribution < 1.29 is 28.5 Å². The molecule has 28 heavy (non-hydrogen) atoms. The Morgan fingerprint density at radius 1 is 1.18 bits per heavy atom. The van der Waals surface area contributed by atoms with Crippen LogP contribution in [0.5, 0.6) is 17.2 Å². The number of nitrogens with zero attached hydrogens (tertiary/aromatic N) is 1. The molecular formula is C20H22N2O6. The fourth-order valence-electron chi connectivity index (χ4n) is 3.03. The zero-order valence-corrected chi connectivity index (χ0v) is 16.2. The van der Waals surface area contributed by atoms with Gasteiger partial charge in [0.05, 0.1) is 26.3 Å². The fourth-order valence-corrected chi connectivity index (χ4v) is 3.03. The van der Waals surface area contributed by atoms with E-state index >= 15 is 0 Å². The van der Waals surface area contributed by atoms with E-state index in [2.05, 4.69) is 5.32 Å². The summed E-state index contributed by atoms with van der Waals surface area (Å²) >= 11 is 0. The summed E-state index contributed by atoms with van der Waals surface area (Å²) in [5.74, 6) is 0.677. The number of anilines is 1. The van der Waals surface area contributed by atoms with Crippen LogP contribution in [0.4, 0.5) is 5.69 Å². The lowest BCUT2D eigenvalue weighted by atomic mass is 9.97. The predicted octanol–water partition coefficient (Wildman–Crippen LogP) is 2.06. The summed E-state index contributed by atoms with van der Waals surface area (Å²) in [6, 6.07) is 8.81. The number of carbonyl (C=O) groups is 2. The highest BCUT2D eigenvalue weighted by Gasteiger charge is 2.29. The first kappa shape index (κ1) is 19.5. The minimum Gasteiger partial charge on any atom is -0.492 e. The minimum absolute atomic E-state index is 0.0487. The number of carbonyl (C=O) groups excluding carboxylic acids is 2. The van der Waals surface area contributed by atoms with Crippen LogP contribution < -0.4 is 24.4 Å². The molecule has 3 rings (SSSR count). The molecule has 0 saturated carbocycles. The molecule has 8 heteroatoms. The highest BCUT2D eigenvalue weighted by atomic mass is 16.7. The van der Waals surface area contributed by atoms with E-state index in [9.17, 15) is 9.59 Å². The van der Waals surface area contributed by atoms with Crippen LogP contribution in [0.15, 0.2) is 30.3 Å². The van der Waals surface area contributed by atoms with Crippen molar-refractivity contribution in [2.24, 2.45) is 0 Å². The van der Waals surface area contributed by atoms with Crippen LogP contribution in [0, 0.1) is 0 Å². The summed E-state index contributed by atoms with van der Waals surface area (Å²) in [4.78, 5) is 26.0. The summed E-state index contributed by atoms with van der Waals surface area (Å²) in [6.07, 6.45) is 0. The van der Waals surface area contributed by atoms with Crippen LogP contribution >= 0.6 is 0 Å². The second-order valence-electron chi connectivity index (χ2n) is 6.09. The highest BCUT2D eigenvalue weighted by Crippen LogP contribution is 2.49. The van der Waals surface area contributed by atoms with Gasteiger partial charge in [-0.2, -0.15) is 0 Å². The van der Waals surface area contributed by atoms with Crippen molar-refractivity contribution in [3.63, 3.8) is 0 Å². The third kappa shape index (κ3) is 3.46. The summed E-state index contributed by atoms with van der Waals surface area (Å²) in [5, 5.41) is 2.84. The van der Waals surface area contributed by atoms with Gasteiger partial charge < -0.3 is 29.2 Å². The molecule has 2 aromatic carbocycles. The van der Waals surface area contributed by atoms with Crippen molar-refractivity contribution >= 4 is 17.6 Å². The van der Waals surface area contributed by atoms with E-state index in [1.54, 1.807) is 37.2 Å². The third-order valence-corrected chi connectivity index (χ3v) is 4.47. The molecule has 0 spiro atoms. The number of likely N-dealkylation sites (N-methyl/N-ethyl adjacent to an activating group) is 2. The average molecular weight is 386 g/mol. The number of nitrogens with one attached hydrogen (secondary N) is 1. The Labute approximate surface area is 162 Å². The molecule has 0 fully saturated rings. The summed E-state index contributed by atoms with van der Waals surface area (Å²) in [5.41, 5.74) is 2.28. The molecule has 0 unspecified atom stereocenters. The minimum atomic E-state index is -0.517. The standard InChI is InChI=1S/C20H22N2O6/c1-21-10-16(23)22(2)13-7-5-12(6-8-13)17-14(20(24)26-4)9-15-18(19(17)25-3)28-11-27-15/h5-9,21H,10-11H2,1-4H3. The lowest BCUT2D eigenvalue weighted by molar-refractivity contribution is -0.117. The molecule has 8 nitrogen and oxygen atoms in total. The smallest absolute Gasteiger partial charge is 0.338 e. The lowest BCUT2D eigenvalue weighted by Gasteiger charge is -2.19. The van der Waals surface area contributed by atoms with Crippen LogP contribution in [0.3, 0.4) is 0 Å². The highest BCUT2D eigenvalue weighted by molar-refractivity contribution is 6.01. The Morgan fingerprint density at radius 2 is 1.89 bits per heavy atom. The van der Waals surface area contributed by atoms with E-state index in [4.69, 9.17) is 18.9 Å². The molecule has 1 amide bonds. The SMILES string of the molecule is CNCC(=O)N(C)c1ccc(-c2c(C(=O)OC)cc3c(c2OC)OCO3)cc1. The Morgan fingerprint density at radius 3 is 2.50 bits per heavy atom. The Hall–Kier alpha value is -3.26. The maximum absolute atomic E-state index is 12.4. The maximum Gasteiger partial charge on any atom is 0.338 e. The largest absolute Gasteiger partial charge is 0.492 e. The summed E-state index contributed by atoms with van der Waals surface area (Å²) < 4.78 is 21.4. The van der Waals surface area contributed by atoms with Crippen molar-refractivity contribution in [1.29, 1.82) is 0 Å². The molecule has 1 N–H and O–H groups in total. The number of ether oxygens (including phenoxy) is 4. The number of hydrogen-bond acceptors (Lipinski definition) is 7. The van der Waals surface area contributed by atoms with Gasteiger partial charge in [0.1, 0.15) is 0 Å². The lowest BCUT2D eigenvalue weighted by Crippen LogP contribution is -2.33. The van der Waals surface area contributed by atoms with Crippen LogP contribution in [0.1, 0.15) is 10.4 Å². The molecule has 1 aliphatic rings. The zero-order chi connectivity index (χ0) is 20.3. The number of benzene rings is 2. The number of amides is 1. The number of rotatable bonds is 6. The average Bonchev–Trinajstić information content (AvgIpc) is 3.20. The predicted molar refractivity (Wildman–Crippen MR) is 103 cm³/mol. The van der Waals surface area contributed by atoms with Gasteiger partial charge in [-0.1, -0.05) is 12.1 Å². The Balaban J connectivity index is 2.08. The third-order valence-electron chi connectivity index (χ3n) is 4.47. The molecule has 0 saturated heterocycles. The molecule has 0 bridgehead atoms. The molecule has 0 aliphatic carbocycles. The number of fused-ring (bicyclic) bond motifs is 1. The van der Waals surface area contributed by atoms with Crippen molar-refractivity contribution in [3.8, 4) is 28.4 Å².